The maximum atomic E-state index is 6.05. The van der Waals surface area contributed by atoms with Gasteiger partial charge in [-0.3, -0.25) is 0 Å². The Bertz CT molecular complexity index is 519. The lowest BCUT2D eigenvalue weighted by atomic mass is 10.1. The Balaban J connectivity index is 2.40. The van der Waals surface area contributed by atoms with Crippen LogP contribution in [0.5, 0.6) is 0 Å². The van der Waals surface area contributed by atoms with Crippen molar-refractivity contribution in [2.45, 2.75) is 26.3 Å². The van der Waals surface area contributed by atoms with Crippen molar-refractivity contribution in [1.82, 2.24) is 0 Å². The first-order valence-electron chi connectivity index (χ1n) is 5.74. The Labute approximate surface area is 115 Å². The zero-order valence-corrected chi connectivity index (χ0v) is 12.4. The highest BCUT2D eigenvalue weighted by Gasteiger charge is 2.11. The van der Waals surface area contributed by atoms with E-state index < -0.39 is 0 Å². The van der Waals surface area contributed by atoms with Gasteiger partial charge in [-0.05, 0) is 47.0 Å². The van der Waals surface area contributed by atoms with Gasteiger partial charge in [0.15, 0.2) is 0 Å². The number of halogens is 1. The maximum Gasteiger partial charge on any atom is 0.0387 e. The van der Waals surface area contributed by atoms with Crippen LogP contribution in [-0.2, 0) is 0 Å². The second-order valence-corrected chi connectivity index (χ2v) is 6.06. The molecule has 0 saturated heterocycles. The molecule has 3 heteroatoms. The molecule has 2 N–H and O–H groups in total. The summed E-state index contributed by atoms with van der Waals surface area (Å²) in [5.41, 5.74) is 8.57. The van der Waals surface area contributed by atoms with Crippen molar-refractivity contribution >= 4 is 27.3 Å². The van der Waals surface area contributed by atoms with E-state index in [2.05, 4.69) is 60.1 Å². The summed E-state index contributed by atoms with van der Waals surface area (Å²) in [4.78, 5) is 2.54. The van der Waals surface area contributed by atoms with Gasteiger partial charge in [-0.25, -0.2) is 0 Å². The number of aryl methyl sites for hydroxylation is 1. The highest BCUT2D eigenvalue weighted by Crippen LogP contribution is 2.36. The summed E-state index contributed by atoms with van der Waals surface area (Å²) < 4.78 is 1.18. The molecular formula is C14H16BrNS. The van der Waals surface area contributed by atoms with Crippen LogP contribution in [0.1, 0.15) is 29.8 Å². The second kappa shape index (κ2) is 5.34. The van der Waals surface area contributed by atoms with Crippen LogP contribution in [0.25, 0.3) is 10.4 Å². The third-order valence-electron chi connectivity index (χ3n) is 2.89. The van der Waals surface area contributed by atoms with Gasteiger partial charge in [0.25, 0.3) is 0 Å². The Hall–Kier alpha value is -0.640. The first-order valence-corrected chi connectivity index (χ1v) is 7.35. The van der Waals surface area contributed by atoms with E-state index in [0.29, 0.717) is 0 Å². The van der Waals surface area contributed by atoms with Crippen molar-refractivity contribution in [3.05, 3.63) is 45.2 Å². The molecule has 0 spiro atoms. The molecule has 1 aromatic heterocycles. The van der Waals surface area contributed by atoms with E-state index in [4.69, 9.17) is 5.73 Å². The van der Waals surface area contributed by atoms with Gasteiger partial charge in [0.05, 0.1) is 0 Å². The average Bonchev–Trinajstić information content (AvgIpc) is 2.81. The molecule has 1 heterocycles. The molecule has 0 amide bonds. The van der Waals surface area contributed by atoms with Gasteiger partial charge >= 0.3 is 0 Å². The van der Waals surface area contributed by atoms with E-state index in [1.807, 2.05) is 0 Å². The maximum absolute atomic E-state index is 6.05. The van der Waals surface area contributed by atoms with Crippen molar-refractivity contribution in [1.29, 1.82) is 0 Å². The Morgan fingerprint density at radius 3 is 2.76 bits per heavy atom. The number of nitrogens with two attached hydrogens (primary N) is 1. The van der Waals surface area contributed by atoms with Gasteiger partial charge in [-0.1, -0.05) is 25.1 Å². The number of hydrogen-bond acceptors (Lipinski definition) is 2. The lowest BCUT2D eigenvalue weighted by molar-refractivity contribution is 0.712. The van der Waals surface area contributed by atoms with E-state index in [9.17, 15) is 0 Å². The van der Waals surface area contributed by atoms with Crippen LogP contribution in [0.2, 0.25) is 0 Å². The summed E-state index contributed by atoms with van der Waals surface area (Å²) in [6.45, 7) is 4.23. The predicted molar refractivity (Wildman–Crippen MR) is 79.4 cm³/mol. The summed E-state index contributed by atoms with van der Waals surface area (Å²) >= 11 is 5.44. The third-order valence-corrected chi connectivity index (χ3v) is 5.19. The molecule has 1 nitrogen and oxygen atoms in total. The molecule has 0 aliphatic heterocycles. The standard InChI is InChI=1S/C14H16BrNS/c1-3-11(16)13-8-7-12(17-13)10-6-4-5-9(2)14(10)15/h4-8,11H,3,16H2,1-2H3. The van der Waals surface area contributed by atoms with Gasteiger partial charge < -0.3 is 5.73 Å². The lowest BCUT2D eigenvalue weighted by Crippen LogP contribution is -2.05. The molecule has 0 aliphatic rings. The molecule has 90 valence electrons. The summed E-state index contributed by atoms with van der Waals surface area (Å²) in [5.74, 6) is 0. The Morgan fingerprint density at radius 1 is 1.29 bits per heavy atom. The topological polar surface area (TPSA) is 26.0 Å². The van der Waals surface area contributed by atoms with Crippen molar-refractivity contribution < 1.29 is 0 Å². The monoisotopic (exact) mass is 309 g/mol. The van der Waals surface area contributed by atoms with E-state index >= 15 is 0 Å². The van der Waals surface area contributed by atoms with Gasteiger partial charge in [0, 0.05) is 25.8 Å². The van der Waals surface area contributed by atoms with Gasteiger partial charge in [-0.2, -0.15) is 0 Å². The SMILES string of the molecule is CCC(N)c1ccc(-c2cccc(C)c2Br)s1. The van der Waals surface area contributed by atoms with Crippen molar-refractivity contribution in [3.63, 3.8) is 0 Å². The van der Waals surface area contributed by atoms with Crippen LogP contribution in [0, 0.1) is 6.92 Å². The minimum atomic E-state index is 0.164. The molecule has 0 fully saturated rings. The molecule has 2 rings (SSSR count). The number of thiophene rings is 1. The molecule has 0 bridgehead atoms. The zero-order valence-electron chi connectivity index (χ0n) is 10.0. The van der Waals surface area contributed by atoms with Crippen molar-refractivity contribution in [2.75, 3.05) is 0 Å². The predicted octanol–water partition coefficient (Wildman–Crippen LogP) is 4.90. The minimum Gasteiger partial charge on any atom is -0.323 e. The van der Waals surface area contributed by atoms with Gasteiger partial charge in [0.1, 0.15) is 0 Å². The normalized spacial score (nSPS) is 12.7. The van der Waals surface area contributed by atoms with E-state index in [-0.39, 0.29) is 6.04 Å². The Kier molecular flexibility index (Phi) is 4.02. The minimum absolute atomic E-state index is 0.164. The fourth-order valence-corrected chi connectivity index (χ4v) is 3.47. The summed E-state index contributed by atoms with van der Waals surface area (Å²) in [6.07, 6.45) is 0.981. The quantitative estimate of drug-likeness (QED) is 0.857. The average molecular weight is 310 g/mol. The first-order chi connectivity index (χ1) is 8.13. The molecule has 17 heavy (non-hydrogen) atoms. The van der Waals surface area contributed by atoms with Crippen molar-refractivity contribution in [2.24, 2.45) is 5.73 Å². The van der Waals surface area contributed by atoms with Crippen LogP contribution < -0.4 is 5.73 Å². The lowest BCUT2D eigenvalue weighted by Gasteiger charge is -2.06. The molecule has 1 unspecified atom stereocenters. The first kappa shape index (κ1) is 12.8. The van der Waals surface area contributed by atoms with Crippen LogP contribution in [-0.4, -0.2) is 0 Å². The Morgan fingerprint density at radius 2 is 2.06 bits per heavy atom. The van der Waals surface area contributed by atoms with Gasteiger partial charge in [0.2, 0.25) is 0 Å². The van der Waals surface area contributed by atoms with Crippen LogP contribution in [0.4, 0.5) is 0 Å². The summed E-state index contributed by atoms with van der Waals surface area (Å²) in [5, 5.41) is 0. The highest BCUT2D eigenvalue weighted by molar-refractivity contribution is 9.10. The molecule has 1 aromatic carbocycles. The fourth-order valence-electron chi connectivity index (χ4n) is 1.74. The number of rotatable bonds is 3. The van der Waals surface area contributed by atoms with E-state index in [0.717, 1.165) is 6.42 Å². The summed E-state index contributed by atoms with van der Waals surface area (Å²) in [7, 11) is 0. The van der Waals surface area contributed by atoms with Crippen molar-refractivity contribution in [3.8, 4) is 10.4 Å². The van der Waals surface area contributed by atoms with Crippen LogP contribution in [0.3, 0.4) is 0 Å². The second-order valence-electron chi connectivity index (χ2n) is 4.15. The number of benzene rings is 1. The highest BCUT2D eigenvalue weighted by atomic mass is 79.9. The fraction of sp³-hybridized carbons (Fsp3) is 0.286. The third kappa shape index (κ3) is 2.62. The number of hydrogen-bond donors (Lipinski definition) is 1. The molecule has 0 saturated carbocycles. The smallest absolute Gasteiger partial charge is 0.0387 e. The summed E-state index contributed by atoms with van der Waals surface area (Å²) in [6, 6.07) is 10.8. The molecule has 2 aromatic rings. The molecule has 1 atom stereocenters. The van der Waals surface area contributed by atoms with Gasteiger partial charge in [-0.15, -0.1) is 11.3 Å². The van der Waals surface area contributed by atoms with Crippen LogP contribution >= 0.6 is 27.3 Å². The van der Waals surface area contributed by atoms with Crippen LogP contribution in [0.15, 0.2) is 34.8 Å². The molecular weight excluding hydrogens is 294 g/mol. The molecule has 0 radical (unpaired) electrons. The molecule has 0 aliphatic carbocycles. The van der Waals surface area contributed by atoms with E-state index in [1.165, 1.54) is 25.4 Å². The van der Waals surface area contributed by atoms with E-state index in [1.54, 1.807) is 11.3 Å². The zero-order chi connectivity index (χ0) is 12.4. The largest absolute Gasteiger partial charge is 0.323 e.